The highest BCUT2D eigenvalue weighted by Gasteiger charge is 2.01. The molecule has 2 nitrogen and oxygen atoms in total. The highest BCUT2D eigenvalue weighted by molar-refractivity contribution is 6.35. The predicted octanol–water partition coefficient (Wildman–Crippen LogP) is 3.44. The topological polar surface area (TPSA) is 21.3 Å². The van der Waals surface area contributed by atoms with Crippen LogP contribution in [0.25, 0.3) is 0 Å². The Labute approximate surface area is 94.2 Å². The van der Waals surface area contributed by atoms with Crippen molar-refractivity contribution in [3.8, 4) is 0 Å². The van der Waals surface area contributed by atoms with E-state index in [1.54, 1.807) is 13.2 Å². The standard InChI is InChI=1S/C10H13Cl2NO/c1-7(14-2)6-13-10-4-8(11)3-9(12)5-10/h3-5,7,13H,6H2,1-2H3. The average molecular weight is 234 g/mol. The molecule has 0 aromatic heterocycles. The van der Waals surface area contributed by atoms with Crippen LogP contribution in [0.3, 0.4) is 0 Å². The summed E-state index contributed by atoms with van der Waals surface area (Å²) < 4.78 is 5.10. The van der Waals surface area contributed by atoms with Crippen molar-refractivity contribution in [2.45, 2.75) is 13.0 Å². The molecule has 0 aliphatic heterocycles. The number of nitrogens with one attached hydrogen (secondary N) is 1. The maximum absolute atomic E-state index is 5.84. The lowest BCUT2D eigenvalue weighted by molar-refractivity contribution is 0.129. The van der Waals surface area contributed by atoms with Gasteiger partial charge in [-0.3, -0.25) is 0 Å². The largest absolute Gasteiger partial charge is 0.382 e. The molecule has 1 aromatic carbocycles. The Bertz CT molecular complexity index is 284. The fourth-order valence-electron chi connectivity index (χ4n) is 1.00. The first-order chi connectivity index (χ1) is 6.61. The summed E-state index contributed by atoms with van der Waals surface area (Å²) in [4.78, 5) is 0. The van der Waals surface area contributed by atoms with E-state index in [2.05, 4.69) is 5.32 Å². The SMILES string of the molecule is COC(C)CNc1cc(Cl)cc(Cl)c1. The van der Waals surface area contributed by atoms with Gasteiger partial charge in [0.1, 0.15) is 0 Å². The van der Waals surface area contributed by atoms with Gasteiger partial charge < -0.3 is 10.1 Å². The molecule has 0 saturated heterocycles. The maximum atomic E-state index is 5.84. The quantitative estimate of drug-likeness (QED) is 0.861. The molecule has 1 rings (SSSR count). The molecule has 1 aromatic rings. The molecule has 78 valence electrons. The molecule has 1 atom stereocenters. The Hall–Kier alpha value is -0.440. The third-order valence-corrected chi connectivity index (χ3v) is 2.30. The van der Waals surface area contributed by atoms with Gasteiger partial charge in [0.2, 0.25) is 0 Å². The predicted molar refractivity (Wildman–Crippen MR) is 61.4 cm³/mol. The number of methoxy groups -OCH3 is 1. The molecule has 0 amide bonds. The van der Waals surface area contributed by atoms with Crippen LogP contribution < -0.4 is 5.32 Å². The normalized spacial score (nSPS) is 12.6. The molecule has 0 radical (unpaired) electrons. The first-order valence-corrected chi connectivity index (χ1v) is 5.10. The minimum atomic E-state index is 0.160. The third-order valence-electron chi connectivity index (χ3n) is 1.86. The molecule has 1 unspecified atom stereocenters. The van der Waals surface area contributed by atoms with E-state index in [9.17, 15) is 0 Å². The first kappa shape index (κ1) is 11.6. The molecular weight excluding hydrogens is 221 g/mol. The van der Waals surface area contributed by atoms with Crippen molar-refractivity contribution in [1.29, 1.82) is 0 Å². The van der Waals surface area contributed by atoms with Gasteiger partial charge in [0, 0.05) is 29.4 Å². The van der Waals surface area contributed by atoms with Gasteiger partial charge in [-0.05, 0) is 25.1 Å². The molecule has 1 N–H and O–H groups in total. The van der Waals surface area contributed by atoms with Crippen molar-refractivity contribution in [2.24, 2.45) is 0 Å². The number of halogens is 2. The Morgan fingerprint density at radius 2 is 1.86 bits per heavy atom. The van der Waals surface area contributed by atoms with Gasteiger partial charge in [0.25, 0.3) is 0 Å². The van der Waals surface area contributed by atoms with E-state index in [1.165, 1.54) is 0 Å². The Morgan fingerprint density at radius 3 is 2.36 bits per heavy atom. The van der Waals surface area contributed by atoms with Crippen molar-refractivity contribution >= 4 is 28.9 Å². The molecular formula is C10H13Cl2NO. The Morgan fingerprint density at radius 1 is 1.29 bits per heavy atom. The Kier molecular flexibility index (Phi) is 4.52. The first-order valence-electron chi connectivity index (χ1n) is 4.34. The van der Waals surface area contributed by atoms with Crippen LogP contribution in [-0.4, -0.2) is 19.8 Å². The van der Waals surface area contributed by atoms with Crippen LogP contribution in [0.4, 0.5) is 5.69 Å². The number of anilines is 1. The van der Waals surface area contributed by atoms with Gasteiger partial charge in [0.15, 0.2) is 0 Å². The summed E-state index contributed by atoms with van der Waals surface area (Å²) in [7, 11) is 1.68. The molecule has 0 bridgehead atoms. The zero-order valence-corrected chi connectivity index (χ0v) is 9.69. The number of benzene rings is 1. The molecule has 0 aliphatic rings. The number of rotatable bonds is 4. The van der Waals surface area contributed by atoms with Gasteiger partial charge in [0.05, 0.1) is 6.10 Å². The van der Waals surface area contributed by atoms with Crippen molar-refractivity contribution < 1.29 is 4.74 Å². The van der Waals surface area contributed by atoms with Gasteiger partial charge >= 0.3 is 0 Å². The minimum absolute atomic E-state index is 0.160. The lowest BCUT2D eigenvalue weighted by Gasteiger charge is -2.12. The second kappa shape index (κ2) is 5.44. The van der Waals surface area contributed by atoms with Gasteiger partial charge in [-0.25, -0.2) is 0 Å². The molecule has 0 spiro atoms. The van der Waals surface area contributed by atoms with Crippen LogP contribution in [0.5, 0.6) is 0 Å². The van der Waals surface area contributed by atoms with E-state index < -0.39 is 0 Å². The number of hydrogen-bond acceptors (Lipinski definition) is 2. The van der Waals surface area contributed by atoms with Crippen LogP contribution in [-0.2, 0) is 4.74 Å². The third kappa shape index (κ3) is 3.74. The summed E-state index contributed by atoms with van der Waals surface area (Å²) in [6.45, 7) is 2.71. The highest BCUT2D eigenvalue weighted by Crippen LogP contribution is 2.22. The van der Waals surface area contributed by atoms with Gasteiger partial charge in [-0.1, -0.05) is 23.2 Å². The lowest BCUT2D eigenvalue weighted by atomic mass is 10.3. The molecule has 0 fully saturated rings. The summed E-state index contributed by atoms with van der Waals surface area (Å²) in [6, 6.07) is 5.36. The summed E-state index contributed by atoms with van der Waals surface area (Å²) in [5.41, 5.74) is 0.909. The molecule has 4 heteroatoms. The van der Waals surface area contributed by atoms with Crippen molar-refractivity contribution in [3.63, 3.8) is 0 Å². The average Bonchev–Trinajstić information content (AvgIpc) is 2.12. The summed E-state index contributed by atoms with van der Waals surface area (Å²) in [5, 5.41) is 4.44. The number of ether oxygens (including phenoxy) is 1. The van der Waals surface area contributed by atoms with Crippen LogP contribution >= 0.6 is 23.2 Å². The van der Waals surface area contributed by atoms with Crippen molar-refractivity contribution in [2.75, 3.05) is 19.0 Å². The van der Waals surface area contributed by atoms with Gasteiger partial charge in [-0.15, -0.1) is 0 Å². The molecule has 14 heavy (non-hydrogen) atoms. The van der Waals surface area contributed by atoms with Crippen LogP contribution in [0, 0.1) is 0 Å². The smallest absolute Gasteiger partial charge is 0.0715 e. The lowest BCUT2D eigenvalue weighted by Crippen LogP contribution is -2.17. The summed E-state index contributed by atoms with van der Waals surface area (Å²) in [5.74, 6) is 0. The molecule has 0 aliphatic carbocycles. The van der Waals surface area contributed by atoms with Crippen molar-refractivity contribution in [1.82, 2.24) is 0 Å². The molecule has 0 saturated carbocycles. The highest BCUT2D eigenvalue weighted by atomic mass is 35.5. The van der Waals surface area contributed by atoms with Crippen LogP contribution in [0.2, 0.25) is 10.0 Å². The second-order valence-electron chi connectivity index (χ2n) is 3.09. The van der Waals surface area contributed by atoms with E-state index in [1.807, 2.05) is 19.1 Å². The zero-order valence-electron chi connectivity index (χ0n) is 8.18. The van der Waals surface area contributed by atoms with Crippen LogP contribution in [0.15, 0.2) is 18.2 Å². The van der Waals surface area contributed by atoms with Crippen molar-refractivity contribution in [3.05, 3.63) is 28.2 Å². The maximum Gasteiger partial charge on any atom is 0.0715 e. The monoisotopic (exact) mass is 233 g/mol. The molecule has 0 heterocycles. The fourth-order valence-corrected chi connectivity index (χ4v) is 1.53. The van der Waals surface area contributed by atoms with Crippen LogP contribution in [0.1, 0.15) is 6.92 Å². The van der Waals surface area contributed by atoms with Gasteiger partial charge in [-0.2, -0.15) is 0 Å². The minimum Gasteiger partial charge on any atom is -0.382 e. The summed E-state index contributed by atoms with van der Waals surface area (Å²) >= 11 is 11.7. The van der Waals surface area contributed by atoms with E-state index in [-0.39, 0.29) is 6.10 Å². The summed E-state index contributed by atoms with van der Waals surface area (Å²) in [6.07, 6.45) is 0.160. The second-order valence-corrected chi connectivity index (χ2v) is 3.96. The zero-order chi connectivity index (χ0) is 10.6. The fraction of sp³-hybridized carbons (Fsp3) is 0.400. The van der Waals surface area contributed by atoms with E-state index >= 15 is 0 Å². The van der Waals surface area contributed by atoms with E-state index in [4.69, 9.17) is 27.9 Å². The van der Waals surface area contributed by atoms with E-state index in [0.717, 1.165) is 12.2 Å². The Balaban J connectivity index is 2.58. The van der Waals surface area contributed by atoms with E-state index in [0.29, 0.717) is 10.0 Å². The number of hydrogen-bond donors (Lipinski definition) is 1.